The summed E-state index contributed by atoms with van der Waals surface area (Å²) in [6.07, 6.45) is 3.80. The van der Waals surface area contributed by atoms with E-state index in [0.29, 0.717) is 0 Å². The number of carbonyl (C=O) groups is 1. The monoisotopic (exact) mass is 197 g/mol. The Morgan fingerprint density at radius 3 is 2.71 bits per heavy atom. The lowest BCUT2D eigenvalue weighted by atomic mass is 9.95. The van der Waals surface area contributed by atoms with Crippen LogP contribution < -0.4 is 11.1 Å². The zero-order valence-corrected chi connectivity index (χ0v) is 8.54. The maximum Gasteiger partial charge on any atom is 0.236 e. The van der Waals surface area contributed by atoms with Gasteiger partial charge in [0.25, 0.3) is 0 Å². The van der Waals surface area contributed by atoms with Crippen LogP contribution in [0, 0.1) is 5.92 Å². The zero-order valence-electron chi connectivity index (χ0n) is 8.54. The topological polar surface area (TPSA) is 58.1 Å². The summed E-state index contributed by atoms with van der Waals surface area (Å²) in [5.74, 6) is 0.695. The minimum absolute atomic E-state index is 0.0525. The van der Waals surface area contributed by atoms with E-state index in [9.17, 15) is 4.79 Å². The molecule has 3 N–H and O–H groups in total. The van der Waals surface area contributed by atoms with Crippen LogP contribution in [0.15, 0.2) is 0 Å². The molecule has 0 radical (unpaired) electrons. The van der Waals surface area contributed by atoms with E-state index >= 15 is 0 Å². The number of hydrogen-bond donors (Lipinski definition) is 2. The highest BCUT2D eigenvalue weighted by atomic mass is 16.1. The van der Waals surface area contributed by atoms with Crippen LogP contribution in [0.3, 0.4) is 0 Å². The van der Waals surface area contributed by atoms with Gasteiger partial charge in [-0.05, 0) is 44.8 Å². The second kappa shape index (κ2) is 4.28. The summed E-state index contributed by atoms with van der Waals surface area (Å²) < 4.78 is 0. The highest BCUT2D eigenvalue weighted by Crippen LogP contribution is 2.22. The Labute approximate surface area is 84.8 Å². The molecule has 0 spiro atoms. The van der Waals surface area contributed by atoms with Crippen LogP contribution in [0.5, 0.6) is 0 Å². The van der Waals surface area contributed by atoms with Gasteiger partial charge in [0.1, 0.15) is 6.04 Å². The summed E-state index contributed by atoms with van der Waals surface area (Å²) in [6.45, 7) is 4.26. The predicted molar refractivity (Wildman–Crippen MR) is 54.8 cm³/mol. The third kappa shape index (κ3) is 2.45. The molecule has 1 amide bonds. The molecule has 80 valence electrons. The number of primary amides is 1. The van der Waals surface area contributed by atoms with Crippen molar-refractivity contribution in [1.29, 1.82) is 0 Å². The van der Waals surface area contributed by atoms with Gasteiger partial charge in [0.05, 0.1) is 0 Å². The molecule has 0 saturated carbocycles. The van der Waals surface area contributed by atoms with Crippen LogP contribution in [-0.2, 0) is 4.79 Å². The van der Waals surface area contributed by atoms with Crippen molar-refractivity contribution in [2.75, 3.05) is 26.2 Å². The van der Waals surface area contributed by atoms with Gasteiger partial charge in [-0.2, -0.15) is 0 Å². The van der Waals surface area contributed by atoms with Gasteiger partial charge < -0.3 is 11.1 Å². The SMILES string of the molecule is NC(=O)C1CN1CCC1CCNCC1. The van der Waals surface area contributed by atoms with Crippen molar-refractivity contribution < 1.29 is 4.79 Å². The minimum atomic E-state index is -0.157. The highest BCUT2D eigenvalue weighted by molar-refractivity contribution is 5.82. The summed E-state index contributed by atoms with van der Waals surface area (Å²) >= 11 is 0. The Bertz CT molecular complexity index is 213. The predicted octanol–water partition coefficient (Wildman–Crippen LogP) is -0.454. The normalized spacial score (nSPS) is 32.9. The molecule has 0 aromatic heterocycles. The molecule has 4 nitrogen and oxygen atoms in total. The molecule has 2 heterocycles. The number of hydrogen-bond acceptors (Lipinski definition) is 3. The van der Waals surface area contributed by atoms with Gasteiger partial charge in [-0.25, -0.2) is 0 Å². The molecule has 14 heavy (non-hydrogen) atoms. The third-order valence-electron chi connectivity index (χ3n) is 3.33. The zero-order chi connectivity index (χ0) is 9.97. The van der Waals surface area contributed by atoms with Crippen LogP contribution in [0.4, 0.5) is 0 Å². The number of nitrogens with one attached hydrogen (secondary N) is 1. The maximum atomic E-state index is 10.8. The molecule has 2 rings (SSSR count). The van der Waals surface area contributed by atoms with Crippen LogP contribution >= 0.6 is 0 Å². The molecule has 2 saturated heterocycles. The van der Waals surface area contributed by atoms with Gasteiger partial charge >= 0.3 is 0 Å². The Morgan fingerprint density at radius 2 is 2.14 bits per heavy atom. The summed E-state index contributed by atoms with van der Waals surface area (Å²) in [6, 6.07) is 0.0525. The largest absolute Gasteiger partial charge is 0.368 e. The number of rotatable bonds is 4. The van der Waals surface area contributed by atoms with Crippen molar-refractivity contribution in [3.63, 3.8) is 0 Å². The summed E-state index contributed by atoms with van der Waals surface area (Å²) in [7, 11) is 0. The minimum Gasteiger partial charge on any atom is -0.368 e. The lowest BCUT2D eigenvalue weighted by Crippen LogP contribution is -2.29. The standard InChI is InChI=1S/C10H19N3O/c11-10(14)9-7-13(9)6-3-8-1-4-12-5-2-8/h8-9,12H,1-7H2,(H2,11,14). The number of piperidine rings is 1. The van der Waals surface area contributed by atoms with Crippen molar-refractivity contribution in [3.8, 4) is 0 Å². The van der Waals surface area contributed by atoms with Gasteiger partial charge in [0.15, 0.2) is 0 Å². The Morgan fingerprint density at radius 1 is 1.43 bits per heavy atom. The number of carbonyl (C=O) groups excluding carboxylic acids is 1. The third-order valence-corrected chi connectivity index (χ3v) is 3.33. The molecule has 0 aliphatic carbocycles. The quantitative estimate of drug-likeness (QED) is 0.600. The lowest BCUT2D eigenvalue weighted by Gasteiger charge is -2.22. The lowest BCUT2D eigenvalue weighted by molar-refractivity contribution is -0.118. The van der Waals surface area contributed by atoms with Gasteiger partial charge in [-0.15, -0.1) is 0 Å². The Hall–Kier alpha value is -0.610. The fourth-order valence-electron chi connectivity index (χ4n) is 2.21. The van der Waals surface area contributed by atoms with Gasteiger partial charge in [-0.3, -0.25) is 9.69 Å². The summed E-state index contributed by atoms with van der Waals surface area (Å²) in [5.41, 5.74) is 5.21. The number of nitrogens with two attached hydrogens (primary N) is 1. The van der Waals surface area contributed by atoms with Gasteiger partial charge in [-0.1, -0.05) is 0 Å². The van der Waals surface area contributed by atoms with Crippen LogP contribution in [0.1, 0.15) is 19.3 Å². The maximum absolute atomic E-state index is 10.8. The molecular formula is C10H19N3O. The summed E-state index contributed by atoms with van der Waals surface area (Å²) in [5, 5.41) is 3.36. The van der Waals surface area contributed by atoms with E-state index in [1.165, 1.54) is 19.3 Å². The molecule has 4 heteroatoms. The van der Waals surface area contributed by atoms with Crippen molar-refractivity contribution in [1.82, 2.24) is 10.2 Å². The number of nitrogens with zero attached hydrogens (tertiary/aromatic N) is 1. The fourth-order valence-corrected chi connectivity index (χ4v) is 2.21. The van der Waals surface area contributed by atoms with Crippen molar-refractivity contribution in [3.05, 3.63) is 0 Å². The van der Waals surface area contributed by atoms with Crippen molar-refractivity contribution >= 4 is 5.91 Å². The molecule has 0 bridgehead atoms. The average molecular weight is 197 g/mol. The first kappa shape index (κ1) is 9.93. The molecule has 0 aromatic rings. The second-order valence-corrected chi connectivity index (χ2v) is 4.40. The van der Waals surface area contributed by atoms with E-state index in [-0.39, 0.29) is 11.9 Å². The fraction of sp³-hybridized carbons (Fsp3) is 0.900. The first-order valence-corrected chi connectivity index (χ1v) is 5.51. The summed E-state index contributed by atoms with van der Waals surface area (Å²) in [4.78, 5) is 13.0. The first-order chi connectivity index (χ1) is 6.77. The average Bonchev–Trinajstić information content (AvgIpc) is 2.96. The molecule has 2 aliphatic rings. The smallest absolute Gasteiger partial charge is 0.236 e. The Kier molecular flexibility index (Phi) is 3.03. The second-order valence-electron chi connectivity index (χ2n) is 4.40. The van der Waals surface area contributed by atoms with E-state index < -0.39 is 0 Å². The molecule has 2 aliphatic heterocycles. The van der Waals surface area contributed by atoms with E-state index in [1.807, 2.05) is 0 Å². The Balaban J connectivity index is 1.61. The van der Waals surface area contributed by atoms with E-state index in [1.54, 1.807) is 0 Å². The molecule has 2 unspecified atom stereocenters. The van der Waals surface area contributed by atoms with Gasteiger partial charge in [0, 0.05) is 6.54 Å². The molecular weight excluding hydrogens is 178 g/mol. The van der Waals surface area contributed by atoms with Crippen LogP contribution in [0.25, 0.3) is 0 Å². The molecule has 2 atom stereocenters. The van der Waals surface area contributed by atoms with Gasteiger partial charge in [0.2, 0.25) is 5.91 Å². The number of amides is 1. The van der Waals surface area contributed by atoms with E-state index in [4.69, 9.17) is 5.73 Å². The van der Waals surface area contributed by atoms with E-state index in [0.717, 1.165) is 32.1 Å². The van der Waals surface area contributed by atoms with Crippen molar-refractivity contribution in [2.45, 2.75) is 25.3 Å². The highest BCUT2D eigenvalue weighted by Gasteiger charge is 2.38. The van der Waals surface area contributed by atoms with Crippen molar-refractivity contribution in [2.24, 2.45) is 11.7 Å². The van der Waals surface area contributed by atoms with E-state index in [2.05, 4.69) is 10.2 Å². The molecule has 0 aromatic carbocycles. The van der Waals surface area contributed by atoms with Crippen LogP contribution in [-0.4, -0.2) is 43.0 Å². The molecule has 2 fully saturated rings. The van der Waals surface area contributed by atoms with Crippen LogP contribution in [0.2, 0.25) is 0 Å². The first-order valence-electron chi connectivity index (χ1n) is 5.51.